The maximum Gasteiger partial charge on any atom is 0.338 e. The van der Waals surface area contributed by atoms with E-state index >= 15 is 0 Å². The normalized spacial score (nSPS) is 10.2. The van der Waals surface area contributed by atoms with Crippen LogP contribution in [0.15, 0.2) is 46.9 Å². The highest BCUT2D eigenvalue weighted by Gasteiger charge is 2.20. The van der Waals surface area contributed by atoms with Gasteiger partial charge in [-0.2, -0.15) is 0 Å². The summed E-state index contributed by atoms with van der Waals surface area (Å²) in [4.78, 5) is 32.0. The number of carbonyl (C=O) groups is 1. The van der Waals surface area contributed by atoms with E-state index in [1.54, 1.807) is 12.1 Å². The second-order valence-electron chi connectivity index (χ2n) is 5.04. The third-order valence-electron chi connectivity index (χ3n) is 3.16. The van der Waals surface area contributed by atoms with Gasteiger partial charge in [0, 0.05) is 23.0 Å². The second-order valence-corrected chi connectivity index (χ2v) is 5.96. The smallest absolute Gasteiger partial charge is 0.338 e. The van der Waals surface area contributed by atoms with Crippen LogP contribution >= 0.6 is 15.9 Å². The van der Waals surface area contributed by atoms with Crippen molar-refractivity contribution < 1.29 is 24.1 Å². The largest absolute Gasteiger partial charge is 0.493 e. The number of nitro groups is 2. The van der Waals surface area contributed by atoms with Gasteiger partial charge in [0.15, 0.2) is 0 Å². The number of hydrogen-bond donors (Lipinski definition) is 0. The Balaban J connectivity index is 1.88. The average molecular weight is 425 g/mol. The van der Waals surface area contributed by atoms with Crippen molar-refractivity contribution in [3.63, 3.8) is 0 Å². The van der Waals surface area contributed by atoms with Crippen molar-refractivity contribution in [3.05, 3.63) is 72.7 Å². The molecule has 0 saturated heterocycles. The average Bonchev–Trinajstić information content (AvgIpc) is 2.62. The summed E-state index contributed by atoms with van der Waals surface area (Å²) in [5.74, 6) is -0.214. The van der Waals surface area contributed by atoms with E-state index in [4.69, 9.17) is 9.47 Å². The predicted octanol–water partition coefficient (Wildman–Crippen LogP) is 3.89. The lowest BCUT2D eigenvalue weighted by Crippen LogP contribution is -2.10. The fourth-order valence-electron chi connectivity index (χ4n) is 1.95. The number of esters is 1. The maximum absolute atomic E-state index is 12.0. The van der Waals surface area contributed by atoms with Crippen LogP contribution in [-0.4, -0.2) is 29.0 Å². The lowest BCUT2D eigenvalue weighted by Gasteiger charge is -2.07. The highest BCUT2D eigenvalue weighted by atomic mass is 79.9. The van der Waals surface area contributed by atoms with Crippen molar-refractivity contribution in [2.24, 2.45) is 0 Å². The van der Waals surface area contributed by atoms with Crippen molar-refractivity contribution in [2.45, 2.75) is 6.42 Å². The highest BCUT2D eigenvalue weighted by molar-refractivity contribution is 9.10. The fraction of sp³-hybridized carbons (Fsp3) is 0.188. The van der Waals surface area contributed by atoms with Crippen LogP contribution in [0.4, 0.5) is 11.4 Å². The van der Waals surface area contributed by atoms with Gasteiger partial charge in [-0.1, -0.05) is 15.9 Å². The van der Waals surface area contributed by atoms with E-state index in [1.807, 2.05) is 12.1 Å². The van der Waals surface area contributed by atoms with Crippen molar-refractivity contribution in [1.29, 1.82) is 0 Å². The maximum atomic E-state index is 12.0. The van der Waals surface area contributed by atoms with E-state index in [0.29, 0.717) is 18.8 Å². The summed E-state index contributed by atoms with van der Waals surface area (Å²) in [6, 6.07) is 9.86. The Morgan fingerprint density at radius 3 is 2.08 bits per heavy atom. The number of rotatable bonds is 8. The van der Waals surface area contributed by atoms with Crippen LogP contribution in [0.5, 0.6) is 5.75 Å². The first-order valence-electron chi connectivity index (χ1n) is 7.36. The molecule has 26 heavy (non-hydrogen) atoms. The van der Waals surface area contributed by atoms with Gasteiger partial charge in [0.05, 0.1) is 34.7 Å². The molecule has 0 fully saturated rings. The first kappa shape index (κ1) is 19.3. The number of non-ortho nitro benzene ring substituents is 2. The number of halogens is 1. The van der Waals surface area contributed by atoms with E-state index in [0.717, 1.165) is 22.7 Å². The van der Waals surface area contributed by atoms with Gasteiger partial charge in [-0.3, -0.25) is 20.2 Å². The van der Waals surface area contributed by atoms with E-state index in [2.05, 4.69) is 15.9 Å². The van der Waals surface area contributed by atoms with Gasteiger partial charge < -0.3 is 9.47 Å². The molecule has 0 aromatic heterocycles. The van der Waals surface area contributed by atoms with Gasteiger partial charge in [0.2, 0.25) is 0 Å². The number of nitro benzene ring substituents is 2. The molecular formula is C16H13BrN2O7. The summed E-state index contributed by atoms with van der Waals surface area (Å²) in [6.45, 7) is 0.301. The van der Waals surface area contributed by atoms with Crippen LogP contribution in [0.1, 0.15) is 16.8 Å². The zero-order chi connectivity index (χ0) is 19.1. The van der Waals surface area contributed by atoms with Gasteiger partial charge in [-0.25, -0.2) is 4.79 Å². The zero-order valence-corrected chi connectivity index (χ0v) is 14.9. The third kappa shape index (κ3) is 5.52. The minimum absolute atomic E-state index is 0.00580. The molecule has 9 nitrogen and oxygen atoms in total. The molecule has 0 aliphatic rings. The van der Waals surface area contributed by atoms with Crippen LogP contribution in [0, 0.1) is 20.2 Å². The fourth-order valence-corrected chi connectivity index (χ4v) is 2.22. The molecule has 0 aliphatic carbocycles. The van der Waals surface area contributed by atoms with Gasteiger partial charge in [-0.15, -0.1) is 0 Å². The van der Waals surface area contributed by atoms with Gasteiger partial charge in [0.1, 0.15) is 5.75 Å². The van der Waals surface area contributed by atoms with Crippen molar-refractivity contribution in [2.75, 3.05) is 13.2 Å². The summed E-state index contributed by atoms with van der Waals surface area (Å²) in [5, 5.41) is 21.6. The van der Waals surface area contributed by atoms with E-state index < -0.39 is 27.2 Å². The molecule has 0 bridgehead atoms. The van der Waals surface area contributed by atoms with Gasteiger partial charge >= 0.3 is 5.97 Å². The summed E-state index contributed by atoms with van der Waals surface area (Å²) >= 11 is 3.31. The summed E-state index contributed by atoms with van der Waals surface area (Å²) in [6.07, 6.45) is 0.388. The number of nitrogens with zero attached hydrogens (tertiary/aromatic N) is 2. The molecule has 0 unspecified atom stereocenters. The van der Waals surface area contributed by atoms with Crippen LogP contribution in [-0.2, 0) is 4.74 Å². The molecule has 0 aliphatic heterocycles. The molecule has 2 aromatic carbocycles. The third-order valence-corrected chi connectivity index (χ3v) is 3.69. The molecule has 0 heterocycles. The molecule has 0 amide bonds. The lowest BCUT2D eigenvalue weighted by molar-refractivity contribution is -0.394. The second kappa shape index (κ2) is 8.90. The van der Waals surface area contributed by atoms with Crippen molar-refractivity contribution in [1.82, 2.24) is 0 Å². The SMILES string of the molecule is O=C(OCCCOc1ccc(Br)cc1)c1cc([N+](=O)[O-])cc([N+](=O)[O-])c1. The number of benzene rings is 2. The molecule has 0 saturated carbocycles. The van der Waals surface area contributed by atoms with Crippen LogP contribution in [0.25, 0.3) is 0 Å². The summed E-state index contributed by atoms with van der Waals surface area (Å²) < 4.78 is 11.4. The summed E-state index contributed by atoms with van der Waals surface area (Å²) in [5.41, 5.74) is -1.35. The van der Waals surface area contributed by atoms with Gasteiger partial charge in [0.25, 0.3) is 11.4 Å². The Bertz CT molecular complexity index is 792. The Kier molecular flexibility index (Phi) is 6.61. The minimum Gasteiger partial charge on any atom is -0.493 e. The molecule has 0 atom stereocenters. The van der Waals surface area contributed by atoms with Crippen LogP contribution in [0.2, 0.25) is 0 Å². The number of hydrogen-bond acceptors (Lipinski definition) is 7. The van der Waals surface area contributed by atoms with Crippen LogP contribution in [0.3, 0.4) is 0 Å². The standard InChI is InChI=1S/C16H13BrN2O7/c17-12-2-4-15(5-3-12)25-6-1-7-26-16(20)11-8-13(18(21)22)10-14(9-11)19(23)24/h2-5,8-10H,1,6-7H2. The van der Waals surface area contributed by atoms with Crippen molar-refractivity contribution >= 4 is 33.3 Å². The van der Waals surface area contributed by atoms with Gasteiger partial charge in [-0.05, 0) is 24.3 Å². The molecule has 136 valence electrons. The van der Waals surface area contributed by atoms with Crippen molar-refractivity contribution in [3.8, 4) is 5.75 Å². The Hall–Kier alpha value is -3.01. The number of carbonyl (C=O) groups excluding carboxylic acids is 1. The van der Waals surface area contributed by atoms with E-state index in [-0.39, 0.29) is 12.2 Å². The van der Waals surface area contributed by atoms with E-state index in [9.17, 15) is 25.0 Å². The zero-order valence-electron chi connectivity index (χ0n) is 13.3. The van der Waals surface area contributed by atoms with E-state index in [1.165, 1.54) is 0 Å². The minimum atomic E-state index is -0.875. The number of ether oxygens (including phenoxy) is 2. The topological polar surface area (TPSA) is 122 Å². The molecule has 0 N–H and O–H groups in total. The monoisotopic (exact) mass is 424 g/mol. The molecule has 2 aromatic rings. The quantitative estimate of drug-likeness (QED) is 0.272. The Labute approximate surface area is 156 Å². The molecule has 2 rings (SSSR count). The van der Waals surface area contributed by atoms with Crippen LogP contribution < -0.4 is 4.74 Å². The lowest BCUT2D eigenvalue weighted by atomic mass is 10.2. The Morgan fingerprint density at radius 1 is 0.962 bits per heavy atom. The molecule has 0 radical (unpaired) electrons. The summed E-state index contributed by atoms with van der Waals surface area (Å²) in [7, 11) is 0. The molecule has 10 heteroatoms. The first-order valence-corrected chi connectivity index (χ1v) is 8.15. The first-order chi connectivity index (χ1) is 12.4. The highest BCUT2D eigenvalue weighted by Crippen LogP contribution is 2.23. The molecular weight excluding hydrogens is 412 g/mol. The Morgan fingerprint density at radius 2 is 1.54 bits per heavy atom. The molecule has 0 spiro atoms. The predicted molar refractivity (Wildman–Crippen MR) is 94.3 cm³/mol.